The van der Waals surface area contributed by atoms with Crippen molar-refractivity contribution in [3.8, 4) is 5.75 Å². The molecule has 1 aromatic rings. The topological polar surface area (TPSA) is 99.1 Å². The Morgan fingerprint density at radius 2 is 1.90 bits per heavy atom. The molecule has 1 aromatic carbocycles. The van der Waals surface area contributed by atoms with Crippen LogP contribution in [0, 0.1) is 0 Å². The largest absolute Gasteiger partial charge is 0.489 e. The second kappa shape index (κ2) is 6.87. The monoisotopic (exact) mass is 292 g/mol. The molecule has 7 heteroatoms. The molecule has 1 aliphatic heterocycles. The quantitative estimate of drug-likeness (QED) is 0.598. The van der Waals surface area contributed by atoms with E-state index >= 15 is 0 Å². The summed E-state index contributed by atoms with van der Waals surface area (Å²) in [6.07, 6.45) is 1.18. The zero-order valence-corrected chi connectivity index (χ0v) is 11.3. The van der Waals surface area contributed by atoms with Crippen LogP contribution in [0.25, 0.3) is 0 Å². The molecule has 0 radical (unpaired) electrons. The number of rotatable bonds is 7. The van der Waals surface area contributed by atoms with Crippen LogP contribution in [0.1, 0.15) is 0 Å². The summed E-state index contributed by atoms with van der Waals surface area (Å²) < 4.78 is 5.34. The number of nitrogens with zero attached hydrogens (tertiary/aromatic N) is 1. The summed E-state index contributed by atoms with van der Waals surface area (Å²) in [6.45, 7) is -0.323. The first kappa shape index (κ1) is 15.0. The van der Waals surface area contributed by atoms with E-state index in [2.05, 4.69) is 5.32 Å². The molecule has 0 aromatic heterocycles. The molecular formula is C14H16N2O5. The van der Waals surface area contributed by atoms with Crippen LogP contribution in [0.5, 0.6) is 5.75 Å². The second-order valence-corrected chi connectivity index (χ2v) is 4.27. The number of anilines is 1. The SMILES string of the molecule is O=C1C=C(Nc2ccccc2OCCO)C(=O)N1CCO. The van der Waals surface area contributed by atoms with Crippen molar-refractivity contribution in [1.29, 1.82) is 0 Å². The molecule has 112 valence electrons. The third kappa shape index (κ3) is 3.39. The summed E-state index contributed by atoms with van der Waals surface area (Å²) in [5, 5.41) is 20.5. The number of hydrogen-bond donors (Lipinski definition) is 3. The van der Waals surface area contributed by atoms with Gasteiger partial charge in [0.15, 0.2) is 0 Å². The van der Waals surface area contributed by atoms with Crippen molar-refractivity contribution < 1.29 is 24.5 Å². The minimum Gasteiger partial charge on any atom is -0.489 e. The molecule has 21 heavy (non-hydrogen) atoms. The van der Waals surface area contributed by atoms with Gasteiger partial charge in [0.1, 0.15) is 18.1 Å². The van der Waals surface area contributed by atoms with Gasteiger partial charge >= 0.3 is 0 Å². The molecule has 1 heterocycles. The van der Waals surface area contributed by atoms with E-state index in [-0.39, 0.29) is 32.1 Å². The van der Waals surface area contributed by atoms with Crippen LogP contribution >= 0.6 is 0 Å². The minimum atomic E-state index is -0.494. The lowest BCUT2D eigenvalue weighted by atomic mass is 10.2. The number of ether oxygens (including phenoxy) is 1. The van der Waals surface area contributed by atoms with Crippen molar-refractivity contribution in [2.45, 2.75) is 0 Å². The maximum Gasteiger partial charge on any atom is 0.277 e. The lowest BCUT2D eigenvalue weighted by Gasteiger charge is -2.15. The summed E-state index contributed by atoms with van der Waals surface area (Å²) in [5.41, 5.74) is 0.637. The summed E-state index contributed by atoms with van der Waals surface area (Å²) in [4.78, 5) is 24.6. The van der Waals surface area contributed by atoms with Crippen molar-refractivity contribution in [2.75, 3.05) is 31.7 Å². The van der Waals surface area contributed by atoms with Crippen LogP contribution in [0.4, 0.5) is 5.69 Å². The minimum absolute atomic E-state index is 0.0397. The predicted molar refractivity (Wildman–Crippen MR) is 74.5 cm³/mol. The van der Waals surface area contributed by atoms with E-state index in [4.69, 9.17) is 14.9 Å². The Balaban J connectivity index is 2.14. The Bertz CT molecular complexity index is 570. The van der Waals surface area contributed by atoms with Crippen LogP contribution in [-0.4, -0.2) is 53.3 Å². The van der Waals surface area contributed by atoms with Gasteiger partial charge in [0.2, 0.25) is 0 Å². The fourth-order valence-corrected chi connectivity index (χ4v) is 1.91. The van der Waals surface area contributed by atoms with Gasteiger partial charge in [-0.15, -0.1) is 0 Å². The Hall–Kier alpha value is -2.38. The third-order valence-corrected chi connectivity index (χ3v) is 2.84. The molecule has 1 aliphatic rings. The Labute approximate surface area is 121 Å². The van der Waals surface area contributed by atoms with Crippen molar-refractivity contribution in [2.24, 2.45) is 0 Å². The first-order chi connectivity index (χ1) is 10.2. The average molecular weight is 292 g/mol. The zero-order chi connectivity index (χ0) is 15.2. The number of imide groups is 1. The normalized spacial score (nSPS) is 14.4. The number of aliphatic hydroxyl groups is 2. The summed E-state index contributed by atoms with van der Waals surface area (Å²) >= 11 is 0. The van der Waals surface area contributed by atoms with E-state index in [1.807, 2.05) is 0 Å². The number of para-hydroxylation sites is 2. The molecule has 0 unspecified atom stereocenters. The Morgan fingerprint density at radius 1 is 1.14 bits per heavy atom. The average Bonchev–Trinajstić information content (AvgIpc) is 2.74. The molecule has 0 bridgehead atoms. The van der Waals surface area contributed by atoms with Crippen molar-refractivity contribution in [3.05, 3.63) is 36.0 Å². The summed E-state index contributed by atoms with van der Waals surface area (Å²) in [7, 11) is 0. The van der Waals surface area contributed by atoms with Crippen molar-refractivity contribution in [1.82, 2.24) is 4.90 Å². The maximum absolute atomic E-state index is 12.0. The van der Waals surface area contributed by atoms with E-state index < -0.39 is 11.8 Å². The van der Waals surface area contributed by atoms with E-state index in [1.165, 1.54) is 6.08 Å². The highest BCUT2D eigenvalue weighted by Gasteiger charge is 2.30. The van der Waals surface area contributed by atoms with E-state index in [0.29, 0.717) is 11.4 Å². The molecule has 2 rings (SSSR count). The van der Waals surface area contributed by atoms with Gasteiger partial charge in [-0.25, -0.2) is 0 Å². The molecule has 0 spiro atoms. The smallest absolute Gasteiger partial charge is 0.277 e. The molecule has 0 saturated heterocycles. The number of amides is 2. The molecular weight excluding hydrogens is 276 g/mol. The lowest BCUT2D eigenvalue weighted by molar-refractivity contribution is -0.137. The van der Waals surface area contributed by atoms with Crippen molar-refractivity contribution in [3.63, 3.8) is 0 Å². The van der Waals surface area contributed by atoms with Gasteiger partial charge in [0, 0.05) is 6.08 Å². The molecule has 0 aliphatic carbocycles. The van der Waals surface area contributed by atoms with Crippen LogP contribution in [0.15, 0.2) is 36.0 Å². The number of hydrogen-bond acceptors (Lipinski definition) is 6. The number of β-amino-alcohol motifs (C(OH)–C–C–N with tert-alkyl or cyclic N) is 1. The van der Waals surface area contributed by atoms with Crippen LogP contribution in [0.2, 0.25) is 0 Å². The Morgan fingerprint density at radius 3 is 2.62 bits per heavy atom. The number of carbonyl (C=O) groups is 2. The van der Waals surface area contributed by atoms with Gasteiger partial charge in [0.25, 0.3) is 11.8 Å². The Kier molecular flexibility index (Phi) is 4.91. The molecule has 2 amide bonds. The first-order valence-corrected chi connectivity index (χ1v) is 6.45. The molecule has 3 N–H and O–H groups in total. The fraction of sp³-hybridized carbons (Fsp3) is 0.286. The number of aliphatic hydroxyl groups excluding tert-OH is 2. The summed E-state index contributed by atoms with van der Waals surface area (Å²) in [5.74, 6) is -0.496. The number of benzene rings is 1. The van der Waals surface area contributed by atoms with Gasteiger partial charge in [-0.05, 0) is 12.1 Å². The van der Waals surface area contributed by atoms with E-state index in [1.54, 1.807) is 24.3 Å². The van der Waals surface area contributed by atoms with Crippen LogP contribution in [-0.2, 0) is 9.59 Å². The lowest BCUT2D eigenvalue weighted by Crippen LogP contribution is -2.34. The predicted octanol–water partition coefficient (Wildman–Crippen LogP) is -0.285. The maximum atomic E-state index is 12.0. The number of carbonyl (C=O) groups excluding carboxylic acids is 2. The van der Waals surface area contributed by atoms with Gasteiger partial charge in [-0.2, -0.15) is 0 Å². The highest BCUT2D eigenvalue weighted by Crippen LogP contribution is 2.26. The highest BCUT2D eigenvalue weighted by molar-refractivity contribution is 6.17. The van der Waals surface area contributed by atoms with E-state index in [0.717, 1.165) is 4.90 Å². The molecule has 0 fully saturated rings. The second-order valence-electron chi connectivity index (χ2n) is 4.27. The highest BCUT2D eigenvalue weighted by atomic mass is 16.5. The van der Waals surface area contributed by atoms with Gasteiger partial charge < -0.3 is 20.3 Å². The fourth-order valence-electron chi connectivity index (χ4n) is 1.91. The molecule has 0 atom stereocenters. The summed E-state index contributed by atoms with van der Waals surface area (Å²) in [6, 6.07) is 6.89. The first-order valence-electron chi connectivity index (χ1n) is 6.45. The van der Waals surface area contributed by atoms with Crippen molar-refractivity contribution >= 4 is 17.5 Å². The standard InChI is InChI=1S/C14H16N2O5/c17-6-5-16-13(19)9-11(14(16)20)15-10-3-1-2-4-12(10)21-8-7-18/h1-4,9,15,17-18H,5-8H2. The van der Waals surface area contributed by atoms with Crippen LogP contribution in [0.3, 0.4) is 0 Å². The van der Waals surface area contributed by atoms with Gasteiger partial charge in [0.05, 0.1) is 25.4 Å². The molecule has 7 nitrogen and oxygen atoms in total. The van der Waals surface area contributed by atoms with Crippen LogP contribution < -0.4 is 10.1 Å². The van der Waals surface area contributed by atoms with E-state index in [9.17, 15) is 9.59 Å². The van der Waals surface area contributed by atoms with Gasteiger partial charge in [-0.3, -0.25) is 14.5 Å². The van der Waals surface area contributed by atoms with Gasteiger partial charge in [-0.1, -0.05) is 12.1 Å². The third-order valence-electron chi connectivity index (χ3n) is 2.84. The number of nitrogens with one attached hydrogen (secondary N) is 1. The molecule has 0 saturated carbocycles. The zero-order valence-electron chi connectivity index (χ0n) is 11.3.